The number of rotatable bonds is 2. The average Bonchev–Trinajstić information content (AvgIpc) is 3.16. The molecule has 2 unspecified atom stereocenters. The van der Waals surface area contributed by atoms with Gasteiger partial charge in [0, 0.05) is 25.2 Å². The number of carbonyl (C=O) groups is 1. The molecule has 2 aromatic carbocycles. The predicted molar refractivity (Wildman–Crippen MR) is 110 cm³/mol. The molecule has 5 rings (SSSR count). The molecular weight excluding hydrogens is 348 g/mol. The molecule has 5 heteroatoms. The van der Waals surface area contributed by atoms with Crippen LogP contribution in [0.4, 0.5) is 5.82 Å². The number of anilines is 1. The Morgan fingerprint density at radius 3 is 2.61 bits per heavy atom. The molecule has 142 valence electrons. The Morgan fingerprint density at radius 1 is 1.00 bits per heavy atom. The number of likely N-dealkylation sites (tertiary alicyclic amines) is 1. The van der Waals surface area contributed by atoms with Crippen molar-refractivity contribution in [2.75, 3.05) is 24.5 Å². The summed E-state index contributed by atoms with van der Waals surface area (Å²) in [5.41, 5.74) is 3.70. The van der Waals surface area contributed by atoms with E-state index >= 15 is 0 Å². The Morgan fingerprint density at radius 2 is 1.75 bits per heavy atom. The second-order valence-electron chi connectivity index (χ2n) is 7.88. The number of hydrogen-bond donors (Lipinski definition) is 0. The molecule has 2 atom stereocenters. The fourth-order valence-corrected chi connectivity index (χ4v) is 4.67. The lowest BCUT2D eigenvalue weighted by molar-refractivity contribution is 0.0711. The minimum atomic E-state index is 0.164. The highest BCUT2D eigenvalue weighted by Crippen LogP contribution is 2.34. The molecule has 2 fully saturated rings. The number of benzene rings is 2. The molecule has 1 aromatic heterocycles. The van der Waals surface area contributed by atoms with Crippen molar-refractivity contribution >= 4 is 22.8 Å². The first-order valence-corrected chi connectivity index (χ1v) is 10.0. The number of aromatic nitrogens is 2. The van der Waals surface area contributed by atoms with Gasteiger partial charge in [0.25, 0.3) is 5.91 Å². The minimum absolute atomic E-state index is 0.164. The highest BCUT2D eigenvalue weighted by atomic mass is 16.2. The topological polar surface area (TPSA) is 49.3 Å². The van der Waals surface area contributed by atoms with Crippen LogP contribution in [-0.2, 0) is 0 Å². The summed E-state index contributed by atoms with van der Waals surface area (Å²) in [4.78, 5) is 27.0. The SMILES string of the molecule is Cc1ccccc1C(=O)N1CCC2CCN(c3cnc4ccccc4n3)CC21. The number of aryl methyl sites for hydroxylation is 1. The third kappa shape index (κ3) is 2.91. The summed E-state index contributed by atoms with van der Waals surface area (Å²) >= 11 is 0. The van der Waals surface area contributed by atoms with E-state index < -0.39 is 0 Å². The zero-order valence-electron chi connectivity index (χ0n) is 16.1. The molecule has 1 amide bonds. The van der Waals surface area contributed by atoms with Crippen molar-refractivity contribution in [1.29, 1.82) is 0 Å². The normalized spacial score (nSPS) is 21.8. The Labute approximate surface area is 165 Å². The highest BCUT2D eigenvalue weighted by Gasteiger charge is 2.41. The van der Waals surface area contributed by atoms with Crippen LogP contribution in [0.25, 0.3) is 11.0 Å². The van der Waals surface area contributed by atoms with Crippen molar-refractivity contribution in [3.8, 4) is 0 Å². The van der Waals surface area contributed by atoms with E-state index in [9.17, 15) is 4.79 Å². The fourth-order valence-electron chi connectivity index (χ4n) is 4.67. The van der Waals surface area contributed by atoms with Gasteiger partial charge < -0.3 is 9.80 Å². The smallest absolute Gasteiger partial charge is 0.254 e. The van der Waals surface area contributed by atoms with Crippen LogP contribution in [0.1, 0.15) is 28.8 Å². The molecule has 0 saturated carbocycles. The molecule has 2 saturated heterocycles. The number of carbonyl (C=O) groups excluding carboxylic acids is 1. The van der Waals surface area contributed by atoms with E-state index in [1.165, 1.54) is 0 Å². The lowest BCUT2D eigenvalue weighted by Gasteiger charge is -2.39. The van der Waals surface area contributed by atoms with Crippen LogP contribution in [0, 0.1) is 12.8 Å². The number of fused-ring (bicyclic) bond motifs is 2. The molecule has 28 heavy (non-hydrogen) atoms. The van der Waals surface area contributed by atoms with Gasteiger partial charge in [-0.2, -0.15) is 0 Å². The first-order valence-electron chi connectivity index (χ1n) is 10.0. The van der Waals surface area contributed by atoms with Crippen molar-refractivity contribution < 1.29 is 4.79 Å². The van der Waals surface area contributed by atoms with Gasteiger partial charge in [-0.15, -0.1) is 0 Å². The Balaban J connectivity index is 1.40. The summed E-state index contributed by atoms with van der Waals surface area (Å²) in [6.07, 6.45) is 4.06. The van der Waals surface area contributed by atoms with Crippen molar-refractivity contribution in [3.63, 3.8) is 0 Å². The number of piperidine rings is 1. The van der Waals surface area contributed by atoms with Crippen molar-refractivity contribution in [2.24, 2.45) is 5.92 Å². The number of nitrogens with zero attached hydrogens (tertiary/aromatic N) is 4. The minimum Gasteiger partial charge on any atom is -0.353 e. The lowest BCUT2D eigenvalue weighted by Crippen LogP contribution is -2.50. The third-order valence-corrected chi connectivity index (χ3v) is 6.26. The molecular formula is C23H24N4O. The lowest BCUT2D eigenvalue weighted by atomic mass is 9.92. The van der Waals surface area contributed by atoms with Gasteiger partial charge in [-0.25, -0.2) is 4.98 Å². The second-order valence-corrected chi connectivity index (χ2v) is 7.88. The van der Waals surface area contributed by atoms with Crippen LogP contribution in [-0.4, -0.2) is 46.5 Å². The van der Waals surface area contributed by atoms with Gasteiger partial charge in [-0.1, -0.05) is 30.3 Å². The number of hydrogen-bond acceptors (Lipinski definition) is 4. The monoisotopic (exact) mass is 372 g/mol. The highest BCUT2D eigenvalue weighted by molar-refractivity contribution is 5.96. The van der Waals surface area contributed by atoms with E-state index in [1.807, 2.05) is 61.7 Å². The maximum absolute atomic E-state index is 13.2. The van der Waals surface area contributed by atoms with E-state index in [1.54, 1.807) is 0 Å². The van der Waals surface area contributed by atoms with Gasteiger partial charge in [0.2, 0.25) is 0 Å². The van der Waals surface area contributed by atoms with E-state index in [0.29, 0.717) is 5.92 Å². The second kappa shape index (κ2) is 6.89. The Hall–Kier alpha value is -2.95. The molecule has 0 spiro atoms. The molecule has 3 aromatic rings. The number of para-hydroxylation sites is 2. The summed E-state index contributed by atoms with van der Waals surface area (Å²) < 4.78 is 0. The average molecular weight is 372 g/mol. The molecule has 3 heterocycles. The fraction of sp³-hybridized carbons (Fsp3) is 0.348. The van der Waals surface area contributed by atoms with Gasteiger partial charge in [-0.3, -0.25) is 9.78 Å². The van der Waals surface area contributed by atoms with Crippen LogP contribution >= 0.6 is 0 Å². The van der Waals surface area contributed by atoms with Crippen molar-refractivity contribution in [1.82, 2.24) is 14.9 Å². The standard InChI is InChI=1S/C23H24N4O/c1-16-6-2-3-7-18(16)23(28)27-13-11-17-10-12-26(15-21(17)27)22-14-24-19-8-4-5-9-20(19)25-22/h2-9,14,17,21H,10-13,15H2,1H3. The predicted octanol–water partition coefficient (Wildman–Crippen LogP) is 3.68. The van der Waals surface area contributed by atoms with Crippen molar-refractivity contribution in [3.05, 3.63) is 65.9 Å². The first kappa shape index (κ1) is 17.2. The Kier molecular flexibility index (Phi) is 4.23. The molecule has 0 aliphatic carbocycles. The maximum Gasteiger partial charge on any atom is 0.254 e. The quantitative estimate of drug-likeness (QED) is 0.689. The molecule has 5 nitrogen and oxygen atoms in total. The molecule has 0 bridgehead atoms. The van der Waals surface area contributed by atoms with E-state index in [0.717, 1.165) is 60.5 Å². The van der Waals surface area contributed by atoms with Gasteiger partial charge in [0.1, 0.15) is 5.82 Å². The van der Waals surface area contributed by atoms with Gasteiger partial charge in [0.15, 0.2) is 0 Å². The maximum atomic E-state index is 13.2. The molecule has 2 aliphatic heterocycles. The van der Waals surface area contributed by atoms with Gasteiger partial charge in [-0.05, 0) is 49.4 Å². The van der Waals surface area contributed by atoms with Gasteiger partial charge in [0.05, 0.1) is 23.3 Å². The summed E-state index contributed by atoms with van der Waals surface area (Å²) in [5, 5.41) is 0. The number of amides is 1. The van der Waals surface area contributed by atoms with E-state index in [2.05, 4.69) is 14.8 Å². The van der Waals surface area contributed by atoms with Crippen LogP contribution in [0.2, 0.25) is 0 Å². The largest absolute Gasteiger partial charge is 0.353 e. The van der Waals surface area contributed by atoms with Crippen molar-refractivity contribution in [2.45, 2.75) is 25.8 Å². The summed E-state index contributed by atoms with van der Waals surface area (Å²) in [6, 6.07) is 16.1. The summed E-state index contributed by atoms with van der Waals surface area (Å²) in [6.45, 7) is 4.66. The van der Waals surface area contributed by atoms with E-state index in [4.69, 9.17) is 4.98 Å². The van der Waals surface area contributed by atoms with Crippen LogP contribution < -0.4 is 4.90 Å². The van der Waals surface area contributed by atoms with Gasteiger partial charge >= 0.3 is 0 Å². The summed E-state index contributed by atoms with van der Waals surface area (Å²) in [7, 11) is 0. The zero-order valence-corrected chi connectivity index (χ0v) is 16.1. The van der Waals surface area contributed by atoms with Crippen LogP contribution in [0.5, 0.6) is 0 Å². The van der Waals surface area contributed by atoms with Crippen LogP contribution in [0.3, 0.4) is 0 Å². The first-order chi connectivity index (χ1) is 13.7. The zero-order chi connectivity index (χ0) is 19.1. The molecule has 0 radical (unpaired) electrons. The van der Waals surface area contributed by atoms with E-state index in [-0.39, 0.29) is 11.9 Å². The molecule has 2 aliphatic rings. The summed E-state index contributed by atoms with van der Waals surface area (Å²) in [5.74, 6) is 1.65. The third-order valence-electron chi connectivity index (χ3n) is 6.26. The van der Waals surface area contributed by atoms with Crippen LogP contribution in [0.15, 0.2) is 54.7 Å². The molecule has 0 N–H and O–H groups in total. The Bertz CT molecular complexity index is 1030.